The predicted molar refractivity (Wildman–Crippen MR) is 352 cm³/mol. The van der Waals surface area contributed by atoms with Crippen molar-refractivity contribution < 1.29 is 45.5 Å². The van der Waals surface area contributed by atoms with Gasteiger partial charge in [0.05, 0.1) is 14.7 Å². The Hall–Kier alpha value is -6.24. The van der Waals surface area contributed by atoms with Crippen LogP contribution in [-0.4, -0.2) is 55.5 Å². The second-order valence-corrected chi connectivity index (χ2v) is 28.1. The van der Waals surface area contributed by atoms with E-state index in [9.17, 15) is 25.3 Å². The number of nitrogens with one attached hydrogen (secondary N) is 2. The van der Waals surface area contributed by atoms with E-state index in [1.165, 1.54) is 52.7 Å². The third kappa shape index (κ3) is 18.4. The Morgan fingerprint density at radius 1 is 0.310 bits per heavy atom. The van der Waals surface area contributed by atoms with Crippen molar-refractivity contribution in [1.82, 2.24) is 23.5 Å². The number of hydrogen-bond donors (Lipinski definition) is 2. The third-order valence-electron chi connectivity index (χ3n) is 15.3. The molecule has 11 nitrogen and oxygen atoms in total. The fourth-order valence-electron chi connectivity index (χ4n) is 10.8. The van der Waals surface area contributed by atoms with Gasteiger partial charge in [-0.15, -0.1) is 0 Å². The van der Waals surface area contributed by atoms with Gasteiger partial charge in [0.2, 0.25) is 30.1 Å². The zero-order valence-corrected chi connectivity index (χ0v) is 51.4. The molecule has 16 heteroatoms. The van der Waals surface area contributed by atoms with Gasteiger partial charge in [-0.3, -0.25) is 0 Å². The molecule has 2 heterocycles. The number of hydrogen-bond acceptors (Lipinski definition) is 8. The Morgan fingerprint density at radius 2 is 0.506 bits per heavy atom. The van der Waals surface area contributed by atoms with Crippen LogP contribution in [-0.2, 0) is 108 Å². The number of benzene rings is 9. The molecule has 0 spiro atoms. The minimum absolute atomic E-state index is 0. The van der Waals surface area contributed by atoms with E-state index >= 15 is 0 Å². The monoisotopic (exact) mass is 1230 g/mol. The molecule has 448 valence electrons. The van der Waals surface area contributed by atoms with Crippen LogP contribution >= 0.6 is 0 Å². The summed E-state index contributed by atoms with van der Waals surface area (Å²) in [6, 6.07) is 69.1. The molecule has 0 aliphatic carbocycles. The summed E-state index contributed by atoms with van der Waals surface area (Å²) in [6.07, 6.45) is 3.47. The van der Waals surface area contributed by atoms with E-state index in [0.29, 0.717) is 33.4 Å². The molecular weight excluding hydrogens is 1150 g/mol. The molecule has 0 amide bonds. The molecule has 0 atom stereocenters. The first kappa shape index (κ1) is 68.3. The topological polar surface area (TPSA) is 136 Å². The van der Waals surface area contributed by atoms with Gasteiger partial charge >= 0.3 is 18.9 Å². The summed E-state index contributed by atoms with van der Waals surface area (Å²) in [5.41, 5.74) is 15.2. The summed E-state index contributed by atoms with van der Waals surface area (Å²) >= 11 is 0. The number of sulfonamides is 3. The molecule has 0 unspecified atom stereocenters. The quantitative estimate of drug-likeness (QED) is 0.157. The first-order chi connectivity index (χ1) is 40.5. The minimum Gasteiger partial charge on any atom is -1.00 e. The van der Waals surface area contributed by atoms with Crippen LogP contribution in [0.1, 0.15) is 98.7 Å². The average molecular weight is 1230 g/mol. The molecule has 87 heavy (non-hydrogen) atoms. The Bertz CT molecular complexity index is 3550. The number of rotatable bonds is 6. The van der Waals surface area contributed by atoms with Gasteiger partial charge in [-0.1, -0.05) is 206 Å². The molecule has 11 rings (SSSR count). The summed E-state index contributed by atoms with van der Waals surface area (Å²) in [7, 11) is -12.1. The van der Waals surface area contributed by atoms with Gasteiger partial charge in [0.25, 0.3) is 0 Å². The van der Waals surface area contributed by atoms with Crippen molar-refractivity contribution in [2.45, 2.75) is 128 Å². The van der Waals surface area contributed by atoms with Crippen LogP contribution in [0.5, 0.6) is 0 Å². The van der Waals surface area contributed by atoms with Crippen molar-refractivity contribution in [2.75, 3.05) is 0 Å². The molecule has 12 bridgehead atoms. The number of aryl methyl sites for hydroxylation is 5. The van der Waals surface area contributed by atoms with E-state index in [4.69, 9.17) is 0 Å². The molecule has 0 radical (unpaired) electrons. The van der Waals surface area contributed by atoms with Crippen LogP contribution in [0.4, 0.5) is 0 Å². The normalized spacial score (nSPS) is 14.9. The van der Waals surface area contributed by atoms with E-state index in [2.05, 4.69) is 83.4 Å². The van der Waals surface area contributed by atoms with E-state index in [1.54, 1.807) is 72.8 Å². The molecule has 2 N–H and O–H groups in total. The largest absolute Gasteiger partial charge is 1.00 e. The molecule has 9 aromatic rings. The Balaban J connectivity index is 0.000000335. The van der Waals surface area contributed by atoms with Crippen molar-refractivity contribution in [3.63, 3.8) is 0 Å². The maximum Gasteiger partial charge on any atom is 1.00 e. The van der Waals surface area contributed by atoms with Crippen LogP contribution in [0.15, 0.2) is 233 Å². The smallest absolute Gasteiger partial charge is 1.00 e. The fourth-order valence-corrected chi connectivity index (χ4v) is 15.0. The van der Waals surface area contributed by atoms with E-state index < -0.39 is 30.1 Å². The van der Waals surface area contributed by atoms with Gasteiger partial charge in [0.1, 0.15) is 0 Å². The van der Waals surface area contributed by atoms with E-state index in [1.807, 2.05) is 93.6 Å². The first-order valence-electron chi connectivity index (χ1n) is 28.6. The van der Waals surface area contributed by atoms with E-state index in [-0.39, 0.29) is 99.0 Å². The zero-order chi connectivity index (χ0) is 58.7. The van der Waals surface area contributed by atoms with Gasteiger partial charge in [-0.25, -0.2) is 25.3 Å². The van der Waals surface area contributed by atoms with Crippen molar-refractivity contribution >= 4 is 47.4 Å². The number of fused-ring (bicyclic) bond motifs is 12. The maximum absolute atomic E-state index is 14.4. The van der Waals surface area contributed by atoms with Crippen molar-refractivity contribution in [3.8, 4) is 0 Å². The Kier molecular flexibility index (Phi) is 24.5. The van der Waals surface area contributed by atoms with Gasteiger partial charge in [0, 0.05) is 65.4 Å². The van der Waals surface area contributed by atoms with Crippen LogP contribution in [0, 0.1) is 20.8 Å². The van der Waals surface area contributed by atoms with Gasteiger partial charge in [0.15, 0.2) is 17.4 Å². The number of nitrogens with zero attached hydrogens (tertiary/aromatic N) is 3. The Morgan fingerprint density at radius 3 is 0.747 bits per heavy atom. The first-order valence-corrected chi connectivity index (χ1v) is 32.9. The van der Waals surface area contributed by atoms with Gasteiger partial charge < -0.3 is 12.1 Å². The zero-order valence-electron chi connectivity index (χ0n) is 50.0. The van der Waals surface area contributed by atoms with Gasteiger partial charge in [-0.05, 0) is 143 Å². The van der Waals surface area contributed by atoms with Crippen LogP contribution in [0.25, 0.3) is 0 Å². The molecule has 2 aliphatic rings. The summed E-state index contributed by atoms with van der Waals surface area (Å²) < 4.78 is 90.5. The minimum atomic E-state index is -4.03. The van der Waals surface area contributed by atoms with Crippen LogP contribution < -0.4 is 29.5 Å². The second-order valence-electron chi connectivity index (χ2n) is 22.2. The third-order valence-corrected chi connectivity index (χ3v) is 20.7. The summed E-state index contributed by atoms with van der Waals surface area (Å²) in [5.74, 6) is 0. The summed E-state index contributed by atoms with van der Waals surface area (Å²) in [6.45, 7) is 9.37. The van der Waals surface area contributed by atoms with Crippen molar-refractivity contribution in [1.29, 1.82) is 0 Å². The van der Waals surface area contributed by atoms with Crippen LogP contribution in [0.3, 0.4) is 0 Å². The molecule has 0 fully saturated rings. The van der Waals surface area contributed by atoms with Crippen molar-refractivity contribution in [3.05, 3.63) is 302 Å². The SMILES string of the molecule is C.Cc1ccc(S(=O)(=O)N2Cc3cccc(c3)CN(S(=O)(=O)c3ccc(C)cc3)Cc3cccc(c3)CN(S(=O)(=O)c3ccc(C)cc3)Cc3cccc(c3)C2)cc1.[AlH3].[H-].[Li+].c1cc2cc(c1)CNCc1cccc(c1)CNCc1cccc(c1)CCC2. The van der Waals surface area contributed by atoms with E-state index in [0.717, 1.165) is 55.7 Å². The molecule has 0 saturated carbocycles. The van der Waals surface area contributed by atoms with Gasteiger partial charge in [-0.2, -0.15) is 12.9 Å². The second kappa shape index (κ2) is 31.3. The molecular formula is C71H81AlLiN5O6S3. The fraction of sp³-hybridized carbons (Fsp3) is 0.239. The summed E-state index contributed by atoms with van der Waals surface area (Å²) in [5, 5.41) is 7.18. The Labute approximate surface area is 541 Å². The molecule has 2 aliphatic heterocycles. The predicted octanol–water partition coefficient (Wildman–Crippen LogP) is 9.42. The average Bonchev–Trinajstić information content (AvgIpc) is 1.46. The summed E-state index contributed by atoms with van der Waals surface area (Å²) in [4.78, 5) is 0.443. The molecule has 0 saturated heterocycles. The maximum atomic E-state index is 14.4. The van der Waals surface area contributed by atoms with Crippen molar-refractivity contribution in [2.24, 2.45) is 0 Å². The molecule has 9 aromatic carbocycles. The van der Waals surface area contributed by atoms with Crippen LogP contribution in [0.2, 0.25) is 0 Å². The standard InChI is InChI=1S/C45H45N3O6S3.C25H28N2.CH4.Al.Li.4H/c1-34-13-19-43(20-14-34)55(49,50)46-28-37-7-4-9-39(25-37)30-47(56(51,52)44-21-15-35(2)16-22-44)32-41-11-6-12-42(27-41)33-48(31-40-10-5-8-38(26-40)29-46)57(53,54)45-23-17-36(3)18-24-45;1-5-20-7-2-9-22(13-20)16-26-18-24-11-4-12-25(15-24)19-27-17-23-10-3-8-21(6-1)14-23;;;;;;;/h4-27H,28-33H2,1-3H3;2-4,7-15,26-27H,1,5-6,16-19H2;1H4;;;;;;/q;;;;+1;;;;-1. The molecule has 0 aromatic heterocycles.